The van der Waals surface area contributed by atoms with Crippen molar-refractivity contribution in [3.8, 4) is 0 Å². The molecule has 2 heterocycles. The maximum Gasteiger partial charge on any atom is 0.252 e. The number of fused-ring (bicyclic) bond motifs is 1. The number of nitrogens with one attached hydrogen (secondary N) is 2. The molecule has 0 radical (unpaired) electrons. The quantitative estimate of drug-likeness (QED) is 0.881. The number of benzene rings is 1. The number of carbonyl (C=O) groups is 2. The summed E-state index contributed by atoms with van der Waals surface area (Å²) in [5, 5.41) is 10.0. The lowest BCUT2D eigenvalue weighted by molar-refractivity contribution is -0.120. The molecule has 0 spiro atoms. The maximum atomic E-state index is 11.9. The third-order valence-corrected chi connectivity index (χ3v) is 3.59. The van der Waals surface area contributed by atoms with Gasteiger partial charge in [-0.15, -0.1) is 5.10 Å². The Kier molecular flexibility index (Phi) is 4.26. The predicted octanol–water partition coefficient (Wildman–Crippen LogP) is 1.45. The fraction of sp³-hybridized carbons (Fsp3) is 0.286. The van der Waals surface area contributed by atoms with Gasteiger partial charge in [-0.05, 0) is 17.7 Å². The van der Waals surface area contributed by atoms with E-state index in [1.807, 2.05) is 12.1 Å². The van der Waals surface area contributed by atoms with E-state index in [1.165, 1.54) is 7.11 Å². The molecule has 120 valence electrons. The van der Waals surface area contributed by atoms with Crippen LogP contribution in [0.5, 0.6) is 0 Å². The van der Waals surface area contributed by atoms with E-state index in [2.05, 4.69) is 20.7 Å². The molecule has 2 amide bonds. The van der Waals surface area contributed by atoms with Crippen LogP contribution < -0.4 is 10.6 Å². The Morgan fingerprint density at radius 1 is 1.48 bits per heavy atom. The Morgan fingerprint density at radius 3 is 2.91 bits per heavy atom. The lowest BCUT2D eigenvalue weighted by atomic mass is 10.0. The summed E-state index contributed by atoms with van der Waals surface area (Å²) in [7, 11) is 1.42. The molecule has 1 aliphatic heterocycles. The third-order valence-electron chi connectivity index (χ3n) is 3.34. The van der Waals surface area contributed by atoms with E-state index >= 15 is 0 Å². The first-order valence-electron chi connectivity index (χ1n) is 6.87. The van der Waals surface area contributed by atoms with Gasteiger partial charge in [-0.3, -0.25) is 20.2 Å². The Bertz CT molecular complexity index is 743. The molecule has 0 aliphatic carbocycles. The number of halogens is 1. The van der Waals surface area contributed by atoms with Crippen molar-refractivity contribution in [1.82, 2.24) is 14.8 Å². The summed E-state index contributed by atoms with van der Waals surface area (Å²) in [6.45, 7) is -0.100. The average molecular weight is 336 g/mol. The van der Waals surface area contributed by atoms with Crippen molar-refractivity contribution in [3.63, 3.8) is 0 Å². The topological polar surface area (TPSA) is 98.1 Å². The fourth-order valence-electron chi connectivity index (χ4n) is 2.35. The molecule has 9 heteroatoms. The summed E-state index contributed by atoms with van der Waals surface area (Å²) in [4.78, 5) is 27.6. The molecule has 1 aliphatic rings. The van der Waals surface area contributed by atoms with Crippen LogP contribution >= 0.6 is 11.6 Å². The van der Waals surface area contributed by atoms with Crippen molar-refractivity contribution in [2.24, 2.45) is 0 Å². The maximum absolute atomic E-state index is 11.9. The zero-order valence-corrected chi connectivity index (χ0v) is 13.0. The van der Waals surface area contributed by atoms with Crippen LogP contribution in [-0.2, 0) is 14.3 Å². The molecular formula is C14H14ClN5O3. The number of anilines is 2. The smallest absolute Gasteiger partial charge is 0.252 e. The van der Waals surface area contributed by atoms with Gasteiger partial charge in [-0.1, -0.05) is 23.7 Å². The van der Waals surface area contributed by atoms with Gasteiger partial charge in [0.05, 0.1) is 12.5 Å². The highest BCUT2D eigenvalue weighted by Gasteiger charge is 2.29. The number of nitrogens with zero attached hydrogens (tertiary/aromatic N) is 3. The molecule has 1 unspecified atom stereocenters. The number of ether oxygens (including phenoxy) is 1. The summed E-state index contributed by atoms with van der Waals surface area (Å²) in [6.07, 6.45) is 0.226. The molecule has 0 saturated heterocycles. The molecule has 1 aromatic heterocycles. The normalized spacial score (nSPS) is 16.6. The minimum absolute atomic E-state index is 0.100. The van der Waals surface area contributed by atoms with Crippen molar-refractivity contribution in [3.05, 3.63) is 34.9 Å². The van der Waals surface area contributed by atoms with Gasteiger partial charge in [0.1, 0.15) is 6.61 Å². The second kappa shape index (κ2) is 6.35. The van der Waals surface area contributed by atoms with Crippen LogP contribution in [0.3, 0.4) is 0 Å². The van der Waals surface area contributed by atoms with E-state index in [-0.39, 0.29) is 42.8 Å². The fourth-order valence-corrected chi connectivity index (χ4v) is 2.48. The minimum Gasteiger partial charge on any atom is -0.375 e. The summed E-state index contributed by atoms with van der Waals surface area (Å²) in [6, 6.07) is 6.86. The van der Waals surface area contributed by atoms with E-state index in [1.54, 1.807) is 16.8 Å². The van der Waals surface area contributed by atoms with Crippen molar-refractivity contribution in [2.75, 3.05) is 24.4 Å². The van der Waals surface area contributed by atoms with E-state index < -0.39 is 0 Å². The number of amides is 2. The number of carbonyl (C=O) groups excluding carboxylic acids is 2. The van der Waals surface area contributed by atoms with Crippen molar-refractivity contribution in [1.29, 1.82) is 0 Å². The van der Waals surface area contributed by atoms with Crippen LogP contribution in [-0.4, -0.2) is 40.3 Å². The summed E-state index contributed by atoms with van der Waals surface area (Å²) in [5.41, 5.74) is 0.880. The van der Waals surface area contributed by atoms with Crippen LogP contribution in [0, 0.1) is 0 Å². The molecule has 0 bridgehead atoms. The van der Waals surface area contributed by atoms with Gasteiger partial charge >= 0.3 is 0 Å². The third kappa shape index (κ3) is 3.33. The first-order chi connectivity index (χ1) is 11.1. The van der Waals surface area contributed by atoms with Crippen LogP contribution in [0.2, 0.25) is 5.02 Å². The Morgan fingerprint density at radius 2 is 2.22 bits per heavy atom. The molecule has 1 aromatic carbocycles. The number of methoxy groups -OCH3 is 1. The highest BCUT2D eigenvalue weighted by atomic mass is 35.5. The van der Waals surface area contributed by atoms with E-state index in [4.69, 9.17) is 16.3 Å². The molecular weight excluding hydrogens is 322 g/mol. The lowest BCUT2D eigenvalue weighted by Crippen LogP contribution is -2.29. The summed E-state index contributed by atoms with van der Waals surface area (Å²) in [5.74, 6) is -0.137. The Hall–Kier alpha value is -2.45. The largest absolute Gasteiger partial charge is 0.375 e. The van der Waals surface area contributed by atoms with Crippen LogP contribution in [0.15, 0.2) is 24.3 Å². The van der Waals surface area contributed by atoms with Gasteiger partial charge in [-0.2, -0.15) is 4.98 Å². The van der Waals surface area contributed by atoms with Gasteiger partial charge in [-0.25, -0.2) is 4.68 Å². The van der Waals surface area contributed by atoms with Crippen LogP contribution in [0.1, 0.15) is 18.0 Å². The summed E-state index contributed by atoms with van der Waals surface area (Å²) >= 11 is 5.90. The second-order valence-corrected chi connectivity index (χ2v) is 5.44. The number of hydrogen-bond donors (Lipinski definition) is 2. The number of rotatable bonds is 4. The van der Waals surface area contributed by atoms with Crippen molar-refractivity contribution in [2.45, 2.75) is 12.5 Å². The molecule has 0 saturated carbocycles. The average Bonchev–Trinajstić information content (AvgIpc) is 2.89. The zero-order chi connectivity index (χ0) is 16.4. The molecule has 2 aromatic rings. The number of aromatic nitrogens is 3. The Labute approximate surface area is 136 Å². The van der Waals surface area contributed by atoms with Crippen LogP contribution in [0.25, 0.3) is 0 Å². The predicted molar refractivity (Wildman–Crippen MR) is 83.4 cm³/mol. The standard InChI is InChI=1S/C14H14ClN5O3/c1-23-7-12(22)16-13-18-14-17-11(21)6-10(20(14)19-13)8-2-4-9(15)5-3-8/h2-5,10H,6-7H2,1H3,(H2,16,17,18,19,21,22). The van der Waals surface area contributed by atoms with Gasteiger partial charge in [0.15, 0.2) is 0 Å². The SMILES string of the molecule is COCC(=O)Nc1nc2n(n1)C(c1ccc(Cl)cc1)CC(=O)N2. The van der Waals surface area contributed by atoms with E-state index in [0.717, 1.165) is 5.56 Å². The molecule has 3 rings (SSSR count). The van der Waals surface area contributed by atoms with Gasteiger partial charge in [0, 0.05) is 12.1 Å². The molecule has 1 atom stereocenters. The first kappa shape index (κ1) is 15.4. The van der Waals surface area contributed by atoms with Crippen molar-refractivity contribution < 1.29 is 14.3 Å². The van der Waals surface area contributed by atoms with Gasteiger partial charge < -0.3 is 4.74 Å². The molecule has 2 N–H and O–H groups in total. The zero-order valence-electron chi connectivity index (χ0n) is 12.2. The number of hydrogen-bond acceptors (Lipinski definition) is 5. The van der Waals surface area contributed by atoms with Crippen LogP contribution in [0.4, 0.5) is 11.9 Å². The van der Waals surface area contributed by atoms with Gasteiger partial charge in [0.25, 0.3) is 11.9 Å². The highest BCUT2D eigenvalue weighted by molar-refractivity contribution is 6.30. The Balaban J connectivity index is 1.90. The van der Waals surface area contributed by atoms with E-state index in [0.29, 0.717) is 5.02 Å². The lowest BCUT2D eigenvalue weighted by Gasteiger charge is -2.23. The monoisotopic (exact) mass is 335 g/mol. The molecule has 8 nitrogen and oxygen atoms in total. The minimum atomic E-state index is -0.371. The molecule has 23 heavy (non-hydrogen) atoms. The summed E-state index contributed by atoms with van der Waals surface area (Å²) < 4.78 is 6.32. The second-order valence-electron chi connectivity index (χ2n) is 5.00. The van der Waals surface area contributed by atoms with Gasteiger partial charge in [0.2, 0.25) is 11.9 Å². The highest BCUT2D eigenvalue weighted by Crippen LogP contribution is 2.30. The molecule has 0 fully saturated rings. The first-order valence-corrected chi connectivity index (χ1v) is 7.25. The van der Waals surface area contributed by atoms with Crippen molar-refractivity contribution >= 4 is 35.3 Å². The van der Waals surface area contributed by atoms with E-state index in [9.17, 15) is 9.59 Å².